The normalized spacial score (nSPS) is 15.3. The molecule has 0 aromatic heterocycles. The Balaban J connectivity index is 3.10. The third kappa shape index (κ3) is 3.22. The zero-order chi connectivity index (χ0) is 14.0. The molecule has 0 spiro atoms. The Kier molecular flexibility index (Phi) is 4.37. The van der Waals surface area contributed by atoms with E-state index in [0.29, 0.717) is 17.7 Å². The summed E-state index contributed by atoms with van der Waals surface area (Å²) in [5, 5.41) is 9.25. The summed E-state index contributed by atoms with van der Waals surface area (Å²) < 4.78 is 26.8. The van der Waals surface area contributed by atoms with Crippen LogP contribution in [0.2, 0.25) is 0 Å². The van der Waals surface area contributed by atoms with E-state index in [1.807, 2.05) is 6.92 Å². The van der Waals surface area contributed by atoms with Crippen molar-refractivity contribution in [3.8, 4) is 0 Å². The first-order valence-corrected chi connectivity index (χ1v) is 7.23. The van der Waals surface area contributed by atoms with Crippen molar-refractivity contribution in [3.63, 3.8) is 0 Å². The fourth-order valence-corrected chi connectivity index (χ4v) is 2.97. The third-order valence-electron chi connectivity index (χ3n) is 3.06. The molecule has 1 aromatic carbocycles. The number of aryl methyl sites for hydroxylation is 1. The monoisotopic (exact) mass is 272 g/mol. The molecule has 0 saturated heterocycles. The molecule has 18 heavy (non-hydrogen) atoms. The van der Waals surface area contributed by atoms with E-state index in [1.54, 1.807) is 19.9 Å². The number of nitrogen functional groups attached to an aromatic ring is 1. The predicted molar refractivity (Wildman–Crippen MR) is 71.7 cm³/mol. The molecule has 0 heterocycles. The Morgan fingerprint density at radius 1 is 1.44 bits per heavy atom. The van der Waals surface area contributed by atoms with Gasteiger partial charge in [0.2, 0.25) is 10.0 Å². The molecule has 5 nitrogen and oxygen atoms in total. The fraction of sp³-hybridized carbons (Fsp3) is 0.500. The van der Waals surface area contributed by atoms with Crippen molar-refractivity contribution in [2.24, 2.45) is 0 Å². The van der Waals surface area contributed by atoms with Gasteiger partial charge in [-0.05, 0) is 44.0 Å². The van der Waals surface area contributed by atoms with Crippen LogP contribution in [0.1, 0.15) is 25.8 Å². The first kappa shape index (κ1) is 14.9. The van der Waals surface area contributed by atoms with E-state index in [4.69, 9.17) is 5.73 Å². The van der Waals surface area contributed by atoms with E-state index < -0.39 is 15.6 Å². The van der Waals surface area contributed by atoms with Crippen molar-refractivity contribution in [1.82, 2.24) is 4.72 Å². The average molecular weight is 272 g/mol. The van der Waals surface area contributed by atoms with Gasteiger partial charge in [-0.25, -0.2) is 13.1 Å². The maximum Gasteiger partial charge on any atom is 0.241 e. The Morgan fingerprint density at radius 3 is 2.50 bits per heavy atom. The van der Waals surface area contributed by atoms with Crippen LogP contribution in [-0.2, 0) is 10.0 Å². The lowest BCUT2D eigenvalue weighted by Crippen LogP contribution is -2.48. The summed E-state index contributed by atoms with van der Waals surface area (Å²) in [7, 11) is -3.65. The highest BCUT2D eigenvalue weighted by Gasteiger charge is 2.28. The number of sulfonamides is 1. The molecule has 1 unspecified atom stereocenters. The number of aliphatic hydroxyl groups is 1. The van der Waals surface area contributed by atoms with Crippen molar-refractivity contribution in [2.45, 2.75) is 37.6 Å². The molecule has 1 rings (SSSR count). The smallest absolute Gasteiger partial charge is 0.241 e. The number of nitrogens with one attached hydrogen (secondary N) is 1. The maximum atomic E-state index is 12.2. The fourth-order valence-electron chi connectivity index (χ4n) is 1.41. The summed E-state index contributed by atoms with van der Waals surface area (Å²) in [6, 6.07) is 4.54. The van der Waals surface area contributed by atoms with E-state index in [2.05, 4.69) is 4.72 Å². The standard InChI is InChI=1S/C12H20N2O3S/c1-4-12(3,8-15)14-18(16,17)10-5-6-11(13)9(2)7-10/h5-7,14-15H,4,8,13H2,1-3H3. The van der Waals surface area contributed by atoms with E-state index in [9.17, 15) is 13.5 Å². The van der Waals surface area contributed by atoms with Crippen molar-refractivity contribution in [1.29, 1.82) is 0 Å². The summed E-state index contributed by atoms with van der Waals surface area (Å²) in [5.74, 6) is 0. The van der Waals surface area contributed by atoms with Crippen molar-refractivity contribution in [2.75, 3.05) is 12.3 Å². The van der Waals surface area contributed by atoms with E-state index in [-0.39, 0.29) is 11.5 Å². The van der Waals surface area contributed by atoms with Crippen molar-refractivity contribution < 1.29 is 13.5 Å². The molecule has 6 heteroatoms. The van der Waals surface area contributed by atoms with Gasteiger partial charge in [-0.1, -0.05) is 6.92 Å². The number of anilines is 1. The largest absolute Gasteiger partial charge is 0.399 e. The third-order valence-corrected chi connectivity index (χ3v) is 4.70. The van der Waals surface area contributed by atoms with Gasteiger partial charge in [-0.15, -0.1) is 0 Å². The number of nitrogens with two attached hydrogens (primary N) is 1. The number of benzene rings is 1. The molecule has 1 atom stereocenters. The molecule has 0 aliphatic carbocycles. The maximum absolute atomic E-state index is 12.2. The molecular weight excluding hydrogens is 252 g/mol. The number of hydrogen-bond acceptors (Lipinski definition) is 4. The van der Waals surface area contributed by atoms with Gasteiger partial charge in [0, 0.05) is 5.69 Å². The molecule has 4 N–H and O–H groups in total. The second kappa shape index (κ2) is 5.26. The average Bonchev–Trinajstić information content (AvgIpc) is 2.32. The van der Waals surface area contributed by atoms with Crippen LogP contribution >= 0.6 is 0 Å². The molecule has 0 saturated carbocycles. The Hall–Kier alpha value is -1.11. The quantitative estimate of drug-likeness (QED) is 0.698. The second-order valence-corrected chi connectivity index (χ2v) is 6.38. The van der Waals surface area contributed by atoms with E-state index in [1.165, 1.54) is 12.1 Å². The van der Waals surface area contributed by atoms with Gasteiger partial charge in [0.05, 0.1) is 17.0 Å². The minimum atomic E-state index is -3.65. The molecule has 0 fully saturated rings. The Labute approximate surface area is 108 Å². The van der Waals surface area contributed by atoms with E-state index in [0.717, 1.165) is 0 Å². The summed E-state index contributed by atoms with van der Waals surface area (Å²) >= 11 is 0. The zero-order valence-electron chi connectivity index (χ0n) is 10.9. The van der Waals surface area contributed by atoms with Gasteiger partial charge < -0.3 is 10.8 Å². The summed E-state index contributed by atoms with van der Waals surface area (Å²) in [6.45, 7) is 4.97. The Bertz CT molecular complexity index is 522. The molecule has 102 valence electrons. The lowest BCUT2D eigenvalue weighted by molar-refractivity contribution is 0.191. The lowest BCUT2D eigenvalue weighted by Gasteiger charge is -2.26. The predicted octanol–water partition coefficient (Wildman–Crippen LogP) is 1.02. The molecule has 0 radical (unpaired) electrons. The Morgan fingerprint density at radius 2 is 2.06 bits per heavy atom. The van der Waals surface area contributed by atoms with Crippen LogP contribution in [0.5, 0.6) is 0 Å². The van der Waals surface area contributed by atoms with E-state index >= 15 is 0 Å². The number of hydrogen-bond donors (Lipinski definition) is 3. The molecule has 1 aromatic rings. The highest BCUT2D eigenvalue weighted by molar-refractivity contribution is 7.89. The minimum Gasteiger partial charge on any atom is -0.399 e. The first-order chi connectivity index (χ1) is 8.24. The van der Waals surface area contributed by atoms with Crippen LogP contribution in [0.4, 0.5) is 5.69 Å². The van der Waals surface area contributed by atoms with Crippen LogP contribution < -0.4 is 10.5 Å². The van der Waals surface area contributed by atoms with Gasteiger partial charge in [0.25, 0.3) is 0 Å². The highest BCUT2D eigenvalue weighted by Crippen LogP contribution is 2.19. The second-order valence-electron chi connectivity index (χ2n) is 4.70. The van der Waals surface area contributed by atoms with Crippen LogP contribution in [0, 0.1) is 6.92 Å². The van der Waals surface area contributed by atoms with Crippen LogP contribution in [0.25, 0.3) is 0 Å². The van der Waals surface area contributed by atoms with Gasteiger partial charge >= 0.3 is 0 Å². The van der Waals surface area contributed by atoms with Crippen LogP contribution in [0.15, 0.2) is 23.1 Å². The molecule has 0 aliphatic heterocycles. The van der Waals surface area contributed by atoms with Crippen molar-refractivity contribution in [3.05, 3.63) is 23.8 Å². The highest BCUT2D eigenvalue weighted by atomic mass is 32.2. The van der Waals surface area contributed by atoms with Crippen LogP contribution in [0.3, 0.4) is 0 Å². The topological polar surface area (TPSA) is 92.4 Å². The molecule has 0 amide bonds. The van der Waals surface area contributed by atoms with Crippen LogP contribution in [-0.4, -0.2) is 25.7 Å². The van der Waals surface area contributed by atoms with Gasteiger partial charge in [0.1, 0.15) is 0 Å². The number of rotatable bonds is 5. The summed E-state index contributed by atoms with van der Waals surface area (Å²) in [5.41, 5.74) is 6.06. The van der Waals surface area contributed by atoms with Gasteiger partial charge in [-0.3, -0.25) is 0 Å². The SMILES string of the molecule is CCC(C)(CO)NS(=O)(=O)c1ccc(N)c(C)c1. The minimum absolute atomic E-state index is 0.155. The zero-order valence-corrected chi connectivity index (χ0v) is 11.7. The lowest BCUT2D eigenvalue weighted by atomic mass is 10.0. The summed E-state index contributed by atoms with van der Waals surface area (Å²) in [4.78, 5) is 0.155. The van der Waals surface area contributed by atoms with Crippen molar-refractivity contribution >= 4 is 15.7 Å². The first-order valence-electron chi connectivity index (χ1n) is 5.75. The molecular formula is C12H20N2O3S. The molecule has 0 bridgehead atoms. The summed E-state index contributed by atoms with van der Waals surface area (Å²) in [6.07, 6.45) is 0.497. The van der Waals surface area contributed by atoms with Gasteiger partial charge in [-0.2, -0.15) is 0 Å². The van der Waals surface area contributed by atoms with Gasteiger partial charge in [0.15, 0.2) is 0 Å². The molecule has 0 aliphatic rings. The number of aliphatic hydroxyl groups excluding tert-OH is 1.